The minimum absolute atomic E-state index is 0.0402. The third kappa shape index (κ3) is 3.51. The molecule has 1 aromatic carbocycles. The number of alkyl halides is 1. The van der Waals surface area contributed by atoms with Crippen molar-refractivity contribution in [1.82, 2.24) is 20.4 Å². The van der Waals surface area contributed by atoms with Crippen LogP contribution in [0.15, 0.2) is 53.3 Å². The number of halogens is 1. The summed E-state index contributed by atoms with van der Waals surface area (Å²) in [5, 5.41) is 6.91. The lowest BCUT2D eigenvalue weighted by atomic mass is 9.97. The van der Waals surface area contributed by atoms with Crippen molar-refractivity contribution in [3.05, 3.63) is 60.2 Å². The highest BCUT2D eigenvalue weighted by Crippen LogP contribution is 2.29. The van der Waals surface area contributed by atoms with Crippen LogP contribution in [0.25, 0.3) is 11.4 Å². The first-order valence-corrected chi connectivity index (χ1v) is 8.10. The van der Waals surface area contributed by atoms with Crippen LogP contribution in [0.3, 0.4) is 0 Å². The second kappa shape index (κ2) is 6.98. The van der Waals surface area contributed by atoms with Gasteiger partial charge in [0.2, 0.25) is 5.82 Å². The fourth-order valence-electron chi connectivity index (χ4n) is 2.53. The largest absolute Gasteiger partial charge is 0.489 e. The van der Waals surface area contributed by atoms with Gasteiger partial charge in [-0.3, -0.25) is 4.98 Å². The molecule has 0 amide bonds. The second-order valence-corrected chi connectivity index (χ2v) is 5.95. The van der Waals surface area contributed by atoms with E-state index in [0.717, 1.165) is 16.9 Å². The number of benzene rings is 1. The molecule has 7 heteroatoms. The molecule has 0 spiro atoms. The number of hydrogen-bond donors (Lipinski definition) is 1. The second-order valence-electron chi connectivity index (χ2n) is 5.95. The fraction of sp³-hybridized carbons (Fsp3) is 0.278. The molecule has 1 aliphatic rings. The number of nitrogens with zero attached hydrogens (tertiary/aromatic N) is 3. The number of ether oxygens (including phenoxy) is 1. The van der Waals surface area contributed by atoms with Crippen LogP contribution in [0.4, 0.5) is 4.39 Å². The molecular formula is C18H17FN4O2. The molecule has 2 aromatic heterocycles. The molecule has 0 bridgehead atoms. The van der Waals surface area contributed by atoms with Crippen LogP contribution in [0.2, 0.25) is 0 Å². The number of nitrogens with one attached hydrogen (secondary N) is 1. The van der Waals surface area contributed by atoms with Gasteiger partial charge < -0.3 is 14.6 Å². The van der Waals surface area contributed by atoms with Crippen molar-refractivity contribution >= 4 is 0 Å². The Morgan fingerprint density at radius 2 is 2.08 bits per heavy atom. The molecule has 1 aliphatic heterocycles. The molecule has 6 nitrogen and oxygen atoms in total. The van der Waals surface area contributed by atoms with E-state index in [1.807, 2.05) is 36.4 Å². The van der Waals surface area contributed by atoms with Crippen LogP contribution in [-0.4, -0.2) is 28.2 Å². The Labute approximate surface area is 144 Å². The summed E-state index contributed by atoms with van der Waals surface area (Å²) in [6.45, 7) is 1.72. The van der Waals surface area contributed by atoms with Crippen LogP contribution in [0.1, 0.15) is 17.6 Å². The van der Waals surface area contributed by atoms with Gasteiger partial charge in [0.25, 0.3) is 5.89 Å². The summed E-state index contributed by atoms with van der Waals surface area (Å²) >= 11 is 0. The topological polar surface area (TPSA) is 73.1 Å². The van der Waals surface area contributed by atoms with Crippen LogP contribution in [0.5, 0.6) is 5.75 Å². The smallest absolute Gasteiger partial charge is 0.261 e. The van der Waals surface area contributed by atoms with E-state index in [0.29, 0.717) is 25.5 Å². The third-order valence-corrected chi connectivity index (χ3v) is 4.15. The summed E-state index contributed by atoms with van der Waals surface area (Å²) in [5.74, 6) is 1.05. The lowest BCUT2D eigenvalue weighted by Gasteiger charge is -2.27. The predicted molar refractivity (Wildman–Crippen MR) is 88.5 cm³/mol. The van der Waals surface area contributed by atoms with Gasteiger partial charge in [-0.05, 0) is 30.3 Å². The molecule has 4 rings (SSSR count). The Hall–Kier alpha value is -2.80. The number of pyridine rings is 1. The fourth-order valence-corrected chi connectivity index (χ4v) is 2.53. The molecular weight excluding hydrogens is 323 g/mol. The maximum atomic E-state index is 14.2. The van der Waals surface area contributed by atoms with Gasteiger partial charge in [-0.1, -0.05) is 11.2 Å². The molecule has 1 N–H and O–H groups in total. The van der Waals surface area contributed by atoms with Crippen LogP contribution < -0.4 is 10.1 Å². The number of hydrogen-bond acceptors (Lipinski definition) is 6. The summed E-state index contributed by atoms with van der Waals surface area (Å²) < 4.78 is 25.0. The van der Waals surface area contributed by atoms with E-state index < -0.39 is 6.17 Å². The first-order chi connectivity index (χ1) is 12.3. The van der Waals surface area contributed by atoms with Gasteiger partial charge in [0, 0.05) is 42.5 Å². The molecule has 1 fully saturated rings. The molecule has 25 heavy (non-hydrogen) atoms. The van der Waals surface area contributed by atoms with Crippen molar-refractivity contribution in [3.8, 4) is 17.1 Å². The van der Waals surface area contributed by atoms with Crippen molar-refractivity contribution in [1.29, 1.82) is 0 Å². The zero-order chi connectivity index (χ0) is 17.1. The average Bonchev–Trinajstić information content (AvgIpc) is 3.10. The molecule has 0 unspecified atom stereocenters. The van der Waals surface area contributed by atoms with Crippen molar-refractivity contribution < 1.29 is 13.7 Å². The highest BCUT2D eigenvalue weighted by atomic mass is 19.1. The molecule has 3 heterocycles. The quantitative estimate of drug-likeness (QED) is 0.744. The van der Waals surface area contributed by atoms with E-state index in [1.54, 1.807) is 12.4 Å². The van der Waals surface area contributed by atoms with Gasteiger partial charge >= 0.3 is 0 Å². The van der Waals surface area contributed by atoms with E-state index in [1.165, 1.54) is 0 Å². The van der Waals surface area contributed by atoms with Crippen LogP contribution in [0, 0.1) is 5.92 Å². The number of rotatable bonds is 6. The maximum absolute atomic E-state index is 14.2. The zero-order valence-corrected chi connectivity index (χ0v) is 13.4. The van der Waals surface area contributed by atoms with Crippen molar-refractivity contribution in [2.75, 3.05) is 13.1 Å². The Bertz CT molecular complexity index is 819. The van der Waals surface area contributed by atoms with Gasteiger partial charge in [0.05, 0.1) is 0 Å². The number of aromatic nitrogens is 3. The normalized spacial score (nSPS) is 15.6. The van der Waals surface area contributed by atoms with E-state index in [2.05, 4.69) is 20.4 Å². The van der Waals surface area contributed by atoms with E-state index >= 15 is 0 Å². The Balaban J connectivity index is 1.40. The molecule has 128 valence electrons. The van der Waals surface area contributed by atoms with Gasteiger partial charge in [0.1, 0.15) is 12.4 Å². The summed E-state index contributed by atoms with van der Waals surface area (Å²) in [6.07, 6.45) is 2.27. The lowest BCUT2D eigenvalue weighted by Crippen LogP contribution is -2.44. The Morgan fingerprint density at radius 1 is 1.24 bits per heavy atom. The Kier molecular flexibility index (Phi) is 4.39. The van der Waals surface area contributed by atoms with Gasteiger partial charge in [-0.15, -0.1) is 0 Å². The van der Waals surface area contributed by atoms with Crippen molar-refractivity contribution in [3.63, 3.8) is 0 Å². The van der Waals surface area contributed by atoms with E-state index in [-0.39, 0.29) is 11.8 Å². The first-order valence-electron chi connectivity index (χ1n) is 8.10. The molecule has 0 aliphatic carbocycles. The molecule has 1 atom stereocenters. The molecule has 1 saturated heterocycles. The van der Waals surface area contributed by atoms with Crippen LogP contribution in [-0.2, 0) is 6.61 Å². The van der Waals surface area contributed by atoms with Crippen LogP contribution >= 0.6 is 0 Å². The highest BCUT2D eigenvalue weighted by molar-refractivity contribution is 5.55. The maximum Gasteiger partial charge on any atom is 0.261 e. The van der Waals surface area contributed by atoms with Gasteiger partial charge in [0.15, 0.2) is 6.17 Å². The van der Waals surface area contributed by atoms with Crippen molar-refractivity contribution in [2.45, 2.75) is 12.8 Å². The third-order valence-electron chi connectivity index (χ3n) is 4.15. The molecule has 0 radical (unpaired) electrons. The SMILES string of the molecule is F[C@H](c1nc(-c2ccc(OCc3cccnc3)cc2)no1)C1CNC1. The average molecular weight is 340 g/mol. The van der Waals surface area contributed by atoms with E-state index in [4.69, 9.17) is 9.26 Å². The van der Waals surface area contributed by atoms with Gasteiger partial charge in [-0.2, -0.15) is 4.98 Å². The Morgan fingerprint density at radius 3 is 2.76 bits per heavy atom. The summed E-state index contributed by atoms with van der Waals surface area (Å²) in [4.78, 5) is 8.23. The zero-order valence-electron chi connectivity index (χ0n) is 13.4. The van der Waals surface area contributed by atoms with E-state index in [9.17, 15) is 4.39 Å². The summed E-state index contributed by atoms with van der Waals surface area (Å²) in [5.41, 5.74) is 1.75. The lowest BCUT2D eigenvalue weighted by molar-refractivity contribution is 0.133. The highest BCUT2D eigenvalue weighted by Gasteiger charge is 2.32. The monoisotopic (exact) mass is 340 g/mol. The summed E-state index contributed by atoms with van der Waals surface area (Å²) in [7, 11) is 0. The van der Waals surface area contributed by atoms with Crippen molar-refractivity contribution in [2.24, 2.45) is 5.92 Å². The predicted octanol–water partition coefficient (Wildman–Crippen LogP) is 2.94. The minimum atomic E-state index is -1.22. The van der Waals surface area contributed by atoms with Gasteiger partial charge in [-0.25, -0.2) is 4.39 Å². The molecule has 0 saturated carbocycles. The molecule has 3 aromatic rings. The first kappa shape index (κ1) is 15.7. The summed E-state index contributed by atoms with van der Waals surface area (Å²) in [6, 6.07) is 11.1. The minimum Gasteiger partial charge on any atom is -0.489 e. The standard InChI is InChI=1S/C18H17FN4O2/c19-16(14-9-21-10-14)18-22-17(23-25-18)13-3-5-15(6-4-13)24-11-12-2-1-7-20-8-12/h1-8,14,16,21H,9-11H2/t16-/m0/s1.